The number of phenols is 1. The first kappa shape index (κ1) is 14.4. The zero-order chi connectivity index (χ0) is 14.9. The molecule has 0 saturated carbocycles. The fourth-order valence-corrected chi connectivity index (χ4v) is 2.21. The molecule has 6 heteroatoms. The summed E-state index contributed by atoms with van der Waals surface area (Å²) in [6, 6.07) is 9.20. The van der Waals surface area contributed by atoms with Gasteiger partial charge in [-0.15, -0.1) is 0 Å². The first-order chi connectivity index (χ1) is 9.32. The van der Waals surface area contributed by atoms with Gasteiger partial charge in [-0.25, -0.2) is 0 Å². The van der Waals surface area contributed by atoms with Crippen molar-refractivity contribution in [1.82, 2.24) is 0 Å². The number of nitrogens with zero attached hydrogens (tertiary/aromatic N) is 1. The van der Waals surface area contributed by atoms with Gasteiger partial charge in [-0.05, 0) is 45.8 Å². The highest BCUT2D eigenvalue weighted by Gasteiger charge is 2.30. The van der Waals surface area contributed by atoms with Gasteiger partial charge in [0.15, 0.2) is 0 Å². The lowest BCUT2D eigenvalue weighted by atomic mass is 10.00. The zero-order valence-corrected chi connectivity index (χ0v) is 11.5. The summed E-state index contributed by atoms with van der Waals surface area (Å²) in [7, 11) is 0. The number of halogens is 4. The van der Waals surface area contributed by atoms with Crippen LogP contribution < -0.4 is 0 Å². The number of hydrogen-bond acceptors (Lipinski definition) is 2. The summed E-state index contributed by atoms with van der Waals surface area (Å²) in [6.45, 7) is 0. The average Bonchev–Trinajstić information content (AvgIpc) is 2.41. The Bertz CT molecular complexity index is 705. The number of phenolic OH excluding ortho intramolecular Hbond substituents is 1. The zero-order valence-electron chi connectivity index (χ0n) is 9.87. The molecule has 0 amide bonds. The minimum absolute atomic E-state index is 0.169. The molecule has 0 saturated heterocycles. The molecule has 20 heavy (non-hydrogen) atoms. The monoisotopic (exact) mass is 341 g/mol. The summed E-state index contributed by atoms with van der Waals surface area (Å²) in [5.41, 5.74) is -0.216. The maximum absolute atomic E-state index is 12.7. The number of benzene rings is 2. The van der Waals surface area contributed by atoms with E-state index in [1.807, 2.05) is 6.07 Å². The summed E-state index contributed by atoms with van der Waals surface area (Å²) >= 11 is 3.07. The average molecular weight is 342 g/mol. The van der Waals surface area contributed by atoms with Crippen molar-refractivity contribution in [2.75, 3.05) is 0 Å². The molecule has 0 fully saturated rings. The van der Waals surface area contributed by atoms with E-state index < -0.39 is 11.7 Å². The molecule has 0 aliphatic heterocycles. The molecule has 2 nitrogen and oxygen atoms in total. The van der Waals surface area contributed by atoms with Crippen molar-refractivity contribution in [3.05, 3.63) is 52.0 Å². The maximum atomic E-state index is 12.7. The number of nitriles is 1. The topological polar surface area (TPSA) is 44.0 Å². The summed E-state index contributed by atoms with van der Waals surface area (Å²) in [5, 5.41) is 18.8. The fraction of sp³-hybridized carbons (Fsp3) is 0.0714. The van der Waals surface area contributed by atoms with Crippen molar-refractivity contribution in [1.29, 1.82) is 5.26 Å². The lowest BCUT2D eigenvalue weighted by Gasteiger charge is -2.11. The van der Waals surface area contributed by atoms with Crippen LogP contribution in [-0.4, -0.2) is 5.11 Å². The standard InChI is InChI=1S/C14H7BrF3NO/c15-12-5-8(7-19)4-11(13(12)20)9-2-1-3-10(6-9)14(16,17)18/h1-6,20H. The molecule has 0 heterocycles. The molecule has 2 rings (SSSR count). The molecule has 0 aliphatic rings. The van der Waals surface area contributed by atoms with E-state index >= 15 is 0 Å². The Morgan fingerprint density at radius 2 is 1.85 bits per heavy atom. The molecule has 2 aromatic carbocycles. The van der Waals surface area contributed by atoms with Gasteiger partial charge in [0, 0.05) is 5.56 Å². The van der Waals surface area contributed by atoms with Gasteiger partial charge in [-0.2, -0.15) is 18.4 Å². The predicted molar refractivity (Wildman–Crippen MR) is 71.0 cm³/mol. The van der Waals surface area contributed by atoms with Crippen LogP contribution in [0.25, 0.3) is 11.1 Å². The smallest absolute Gasteiger partial charge is 0.416 e. The second kappa shape index (κ2) is 5.17. The van der Waals surface area contributed by atoms with E-state index in [-0.39, 0.29) is 26.9 Å². The van der Waals surface area contributed by atoms with Gasteiger partial charge in [-0.3, -0.25) is 0 Å². The second-order valence-corrected chi connectivity index (χ2v) is 4.90. The molecule has 102 valence electrons. The van der Waals surface area contributed by atoms with E-state index in [4.69, 9.17) is 5.26 Å². The van der Waals surface area contributed by atoms with Crippen LogP contribution in [0.15, 0.2) is 40.9 Å². The predicted octanol–water partition coefficient (Wildman–Crippen LogP) is 4.71. The molecule has 0 bridgehead atoms. The molecular weight excluding hydrogens is 335 g/mol. The van der Waals surface area contributed by atoms with Crippen molar-refractivity contribution < 1.29 is 18.3 Å². The van der Waals surface area contributed by atoms with Gasteiger partial charge in [0.05, 0.1) is 21.7 Å². The second-order valence-electron chi connectivity index (χ2n) is 4.04. The largest absolute Gasteiger partial charge is 0.506 e. The molecule has 0 aromatic heterocycles. The van der Waals surface area contributed by atoms with Crippen molar-refractivity contribution in [2.24, 2.45) is 0 Å². The van der Waals surface area contributed by atoms with Crippen LogP contribution in [0.4, 0.5) is 13.2 Å². The Morgan fingerprint density at radius 1 is 1.15 bits per heavy atom. The van der Waals surface area contributed by atoms with Crippen LogP contribution in [0.5, 0.6) is 5.75 Å². The normalized spacial score (nSPS) is 11.2. The van der Waals surface area contributed by atoms with E-state index in [1.165, 1.54) is 24.3 Å². The van der Waals surface area contributed by atoms with Gasteiger partial charge in [0.1, 0.15) is 5.75 Å². The van der Waals surface area contributed by atoms with E-state index in [1.54, 1.807) is 0 Å². The van der Waals surface area contributed by atoms with Crippen LogP contribution >= 0.6 is 15.9 Å². The van der Waals surface area contributed by atoms with Crippen molar-refractivity contribution in [3.8, 4) is 22.9 Å². The maximum Gasteiger partial charge on any atom is 0.416 e. The van der Waals surface area contributed by atoms with Gasteiger partial charge < -0.3 is 5.11 Å². The van der Waals surface area contributed by atoms with Crippen molar-refractivity contribution >= 4 is 15.9 Å². The molecule has 2 aromatic rings. The third-order valence-corrected chi connectivity index (χ3v) is 3.30. The Labute approximate surface area is 121 Å². The molecule has 0 unspecified atom stereocenters. The first-order valence-corrected chi connectivity index (χ1v) is 6.22. The van der Waals surface area contributed by atoms with Gasteiger partial charge in [0.25, 0.3) is 0 Å². The first-order valence-electron chi connectivity index (χ1n) is 5.43. The van der Waals surface area contributed by atoms with Gasteiger partial charge in [0.2, 0.25) is 0 Å². The van der Waals surface area contributed by atoms with Crippen LogP contribution in [0.1, 0.15) is 11.1 Å². The number of alkyl halides is 3. The van der Waals surface area contributed by atoms with Crippen molar-refractivity contribution in [3.63, 3.8) is 0 Å². The van der Waals surface area contributed by atoms with E-state index in [2.05, 4.69) is 15.9 Å². The minimum atomic E-state index is -4.46. The van der Waals surface area contributed by atoms with Crippen molar-refractivity contribution in [2.45, 2.75) is 6.18 Å². The molecule has 0 spiro atoms. The summed E-state index contributed by atoms with van der Waals surface area (Å²) in [5.74, 6) is -0.205. The quantitative estimate of drug-likeness (QED) is 0.816. The number of aromatic hydroxyl groups is 1. The van der Waals surface area contributed by atoms with Gasteiger partial charge in [-0.1, -0.05) is 12.1 Å². The summed E-state index contributed by atoms with van der Waals surface area (Å²) < 4.78 is 38.3. The van der Waals surface area contributed by atoms with E-state index in [0.717, 1.165) is 12.1 Å². The van der Waals surface area contributed by atoms with Crippen LogP contribution in [0.3, 0.4) is 0 Å². The summed E-state index contributed by atoms with van der Waals surface area (Å²) in [4.78, 5) is 0. The lowest BCUT2D eigenvalue weighted by molar-refractivity contribution is -0.137. The molecule has 1 N–H and O–H groups in total. The number of hydrogen-bond donors (Lipinski definition) is 1. The SMILES string of the molecule is N#Cc1cc(Br)c(O)c(-c2cccc(C(F)(F)F)c2)c1. The fourth-order valence-electron chi connectivity index (χ4n) is 1.75. The third kappa shape index (κ3) is 2.78. The Morgan fingerprint density at radius 3 is 2.45 bits per heavy atom. The highest BCUT2D eigenvalue weighted by molar-refractivity contribution is 9.10. The lowest BCUT2D eigenvalue weighted by Crippen LogP contribution is -2.04. The Kier molecular flexibility index (Phi) is 3.73. The molecule has 0 aliphatic carbocycles. The third-order valence-electron chi connectivity index (χ3n) is 2.69. The highest BCUT2D eigenvalue weighted by Crippen LogP contribution is 2.38. The van der Waals surface area contributed by atoms with E-state index in [9.17, 15) is 18.3 Å². The minimum Gasteiger partial charge on any atom is -0.506 e. The van der Waals surface area contributed by atoms with Gasteiger partial charge >= 0.3 is 6.18 Å². The number of rotatable bonds is 1. The van der Waals surface area contributed by atoms with E-state index in [0.29, 0.717) is 0 Å². The van der Waals surface area contributed by atoms with Crippen LogP contribution in [0, 0.1) is 11.3 Å². The molecular formula is C14H7BrF3NO. The Balaban J connectivity index is 2.63. The highest BCUT2D eigenvalue weighted by atomic mass is 79.9. The summed E-state index contributed by atoms with van der Waals surface area (Å²) in [6.07, 6.45) is -4.46. The van der Waals surface area contributed by atoms with Crippen LogP contribution in [0.2, 0.25) is 0 Å². The molecule has 0 atom stereocenters. The van der Waals surface area contributed by atoms with Crippen LogP contribution in [-0.2, 0) is 6.18 Å². The molecule has 0 radical (unpaired) electrons. The Hall–Kier alpha value is -2.00.